The van der Waals surface area contributed by atoms with Gasteiger partial charge in [0.25, 0.3) is 0 Å². The lowest BCUT2D eigenvalue weighted by atomic mass is 10.1. The molecule has 1 aliphatic heterocycles. The van der Waals surface area contributed by atoms with E-state index in [1.807, 2.05) is 42.2 Å². The average molecular weight is 408 g/mol. The van der Waals surface area contributed by atoms with Crippen LogP contribution in [0.5, 0.6) is 5.75 Å². The fraction of sp³-hybridized carbons (Fsp3) is 0.350. The molecule has 2 amide bonds. The summed E-state index contributed by atoms with van der Waals surface area (Å²) in [6, 6.07) is 13.0. The van der Waals surface area contributed by atoms with Crippen LogP contribution >= 0.6 is 23.2 Å². The molecule has 1 saturated heterocycles. The second-order valence-corrected chi connectivity index (χ2v) is 7.35. The summed E-state index contributed by atoms with van der Waals surface area (Å²) < 4.78 is 5.20. The molecule has 1 aliphatic rings. The van der Waals surface area contributed by atoms with Crippen molar-refractivity contribution >= 4 is 34.9 Å². The van der Waals surface area contributed by atoms with E-state index >= 15 is 0 Å². The standard InChI is InChI=1S/C20H23Cl2N3O2/c1-14(18-8-3-15(21)13-19(18)22)23-20(26)25-11-9-24(10-12-25)16-4-6-17(27-2)7-5-16/h3-8,13-14H,9-12H2,1-2H3,(H,23,26). The lowest BCUT2D eigenvalue weighted by Crippen LogP contribution is -2.52. The van der Waals surface area contributed by atoms with Crippen molar-refractivity contribution in [1.29, 1.82) is 0 Å². The zero-order valence-corrected chi connectivity index (χ0v) is 16.9. The summed E-state index contributed by atoms with van der Waals surface area (Å²) in [5, 5.41) is 4.16. The van der Waals surface area contributed by atoms with Crippen molar-refractivity contribution in [2.75, 3.05) is 38.2 Å². The van der Waals surface area contributed by atoms with E-state index in [-0.39, 0.29) is 12.1 Å². The Morgan fingerprint density at radius 3 is 2.33 bits per heavy atom. The molecule has 2 aromatic rings. The number of ether oxygens (including phenoxy) is 1. The Hall–Kier alpha value is -2.11. The topological polar surface area (TPSA) is 44.8 Å². The maximum Gasteiger partial charge on any atom is 0.317 e. The number of piperazine rings is 1. The fourth-order valence-corrected chi connectivity index (χ4v) is 3.74. The van der Waals surface area contributed by atoms with Gasteiger partial charge in [0.15, 0.2) is 0 Å². The van der Waals surface area contributed by atoms with Crippen molar-refractivity contribution in [2.24, 2.45) is 0 Å². The number of urea groups is 1. The molecule has 1 atom stereocenters. The molecule has 1 N–H and O–H groups in total. The fourth-order valence-electron chi connectivity index (χ4n) is 3.17. The Kier molecular flexibility index (Phi) is 6.34. The van der Waals surface area contributed by atoms with E-state index in [2.05, 4.69) is 10.2 Å². The number of carbonyl (C=O) groups excluding carboxylic acids is 1. The first-order valence-corrected chi connectivity index (χ1v) is 9.63. The molecule has 3 rings (SSSR count). The number of halogens is 2. The van der Waals surface area contributed by atoms with Crippen LogP contribution in [-0.4, -0.2) is 44.2 Å². The van der Waals surface area contributed by atoms with Gasteiger partial charge in [-0.1, -0.05) is 29.3 Å². The van der Waals surface area contributed by atoms with Crippen molar-refractivity contribution in [3.05, 3.63) is 58.1 Å². The van der Waals surface area contributed by atoms with Crippen molar-refractivity contribution in [2.45, 2.75) is 13.0 Å². The summed E-state index contributed by atoms with van der Waals surface area (Å²) in [5.41, 5.74) is 1.99. The summed E-state index contributed by atoms with van der Waals surface area (Å²) in [4.78, 5) is 16.7. The summed E-state index contributed by atoms with van der Waals surface area (Å²) in [5.74, 6) is 0.839. The largest absolute Gasteiger partial charge is 0.497 e. The van der Waals surface area contributed by atoms with Gasteiger partial charge in [-0.2, -0.15) is 0 Å². The maximum absolute atomic E-state index is 12.6. The Bertz CT molecular complexity index is 790. The smallest absolute Gasteiger partial charge is 0.317 e. The van der Waals surface area contributed by atoms with E-state index in [9.17, 15) is 4.79 Å². The molecule has 1 unspecified atom stereocenters. The van der Waals surface area contributed by atoms with Crippen molar-refractivity contribution in [3.8, 4) is 5.75 Å². The minimum atomic E-state index is -0.193. The van der Waals surface area contributed by atoms with Crippen molar-refractivity contribution in [3.63, 3.8) is 0 Å². The van der Waals surface area contributed by atoms with E-state index in [0.717, 1.165) is 30.1 Å². The number of hydrogen-bond donors (Lipinski definition) is 1. The van der Waals surface area contributed by atoms with Crippen LogP contribution in [0.15, 0.2) is 42.5 Å². The molecule has 5 nitrogen and oxygen atoms in total. The molecule has 0 spiro atoms. The highest BCUT2D eigenvalue weighted by atomic mass is 35.5. The van der Waals surface area contributed by atoms with Gasteiger partial charge in [0.2, 0.25) is 0 Å². The predicted molar refractivity (Wildman–Crippen MR) is 110 cm³/mol. The number of rotatable bonds is 4. The summed E-state index contributed by atoms with van der Waals surface area (Å²) in [6.45, 7) is 4.82. The van der Waals surface area contributed by atoms with Gasteiger partial charge in [-0.15, -0.1) is 0 Å². The van der Waals surface area contributed by atoms with Gasteiger partial charge in [0, 0.05) is 41.9 Å². The third-order valence-electron chi connectivity index (χ3n) is 4.77. The van der Waals surface area contributed by atoms with Crippen LogP contribution in [0.3, 0.4) is 0 Å². The normalized spacial score (nSPS) is 15.4. The molecular formula is C20H23Cl2N3O2. The lowest BCUT2D eigenvalue weighted by molar-refractivity contribution is 0.191. The molecular weight excluding hydrogens is 385 g/mol. The van der Waals surface area contributed by atoms with E-state index in [0.29, 0.717) is 23.1 Å². The summed E-state index contributed by atoms with van der Waals surface area (Å²) in [7, 11) is 1.66. The molecule has 0 aromatic heterocycles. The first-order chi connectivity index (χ1) is 13.0. The highest BCUT2D eigenvalue weighted by molar-refractivity contribution is 6.35. The molecule has 0 saturated carbocycles. The summed E-state index contributed by atoms with van der Waals surface area (Å²) >= 11 is 12.2. The quantitative estimate of drug-likeness (QED) is 0.805. The van der Waals surface area contributed by atoms with Crippen molar-refractivity contribution in [1.82, 2.24) is 10.2 Å². The SMILES string of the molecule is COc1ccc(N2CCN(C(=O)NC(C)c3ccc(Cl)cc3Cl)CC2)cc1. The molecule has 0 bridgehead atoms. The van der Waals surface area contributed by atoms with Crippen LogP contribution in [0.1, 0.15) is 18.5 Å². The molecule has 0 radical (unpaired) electrons. The van der Waals surface area contributed by atoms with Gasteiger partial charge < -0.3 is 19.9 Å². The van der Waals surface area contributed by atoms with Crippen LogP contribution < -0.4 is 15.0 Å². The number of hydrogen-bond acceptors (Lipinski definition) is 3. The van der Waals surface area contributed by atoms with Gasteiger partial charge >= 0.3 is 6.03 Å². The van der Waals surface area contributed by atoms with E-state index in [1.165, 1.54) is 0 Å². The van der Waals surface area contributed by atoms with Crippen molar-refractivity contribution < 1.29 is 9.53 Å². The van der Waals surface area contributed by atoms with E-state index in [1.54, 1.807) is 19.2 Å². The minimum Gasteiger partial charge on any atom is -0.497 e. The van der Waals surface area contributed by atoms with Gasteiger partial charge in [-0.05, 0) is 48.9 Å². The zero-order valence-electron chi connectivity index (χ0n) is 15.4. The van der Waals surface area contributed by atoms with Crippen LogP contribution in [0.4, 0.5) is 10.5 Å². The first-order valence-electron chi connectivity index (χ1n) is 8.87. The third kappa shape index (κ3) is 4.79. The molecule has 0 aliphatic carbocycles. The van der Waals surface area contributed by atoms with E-state index in [4.69, 9.17) is 27.9 Å². The number of carbonyl (C=O) groups is 1. The average Bonchev–Trinajstić information content (AvgIpc) is 2.68. The van der Waals surface area contributed by atoms with Gasteiger partial charge in [-0.3, -0.25) is 0 Å². The number of nitrogens with one attached hydrogen (secondary N) is 1. The first kappa shape index (κ1) is 19.6. The molecule has 27 heavy (non-hydrogen) atoms. The Balaban J connectivity index is 1.54. The summed E-state index contributed by atoms with van der Waals surface area (Å²) in [6.07, 6.45) is 0. The van der Waals surface area contributed by atoms with Crippen LogP contribution in [0, 0.1) is 0 Å². The third-order valence-corrected chi connectivity index (χ3v) is 5.34. The molecule has 2 aromatic carbocycles. The molecule has 1 heterocycles. The lowest BCUT2D eigenvalue weighted by Gasteiger charge is -2.36. The highest BCUT2D eigenvalue weighted by Crippen LogP contribution is 2.26. The van der Waals surface area contributed by atoms with Gasteiger partial charge in [0.1, 0.15) is 5.75 Å². The number of methoxy groups -OCH3 is 1. The molecule has 144 valence electrons. The Morgan fingerprint density at radius 1 is 1.07 bits per heavy atom. The van der Waals surface area contributed by atoms with Crippen LogP contribution in [0.25, 0.3) is 0 Å². The van der Waals surface area contributed by atoms with E-state index < -0.39 is 0 Å². The maximum atomic E-state index is 12.6. The molecule has 1 fully saturated rings. The predicted octanol–water partition coefficient (Wildman–Crippen LogP) is 4.59. The van der Waals surface area contributed by atoms with Crippen LogP contribution in [-0.2, 0) is 0 Å². The van der Waals surface area contributed by atoms with Gasteiger partial charge in [0.05, 0.1) is 13.2 Å². The number of benzene rings is 2. The van der Waals surface area contributed by atoms with Gasteiger partial charge in [-0.25, -0.2) is 4.79 Å². The Morgan fingerprint density at radius 2 is 1.74 bits per heavy atom. The Labute approximate surface area is 169 Å². The number of anilines is 1. The monoisotopic (exact) mass is 407 g/mol. The number of amides is 2. The highest BCUT2D eigenvalue weighted by Gasteiger charge is 2.23. The zero-order chi connectivity index (χ0) is 19.4. The van der Waals surface area contributed by atoms with Crippen LogP contribution in [0.2, 0.25) is 10.0 Å². The minimum absolute atomic E-state index is 0.0807. The second kappa shape index (κ2) is 8.72. The second-order valence-electron chi connectivity index (χ2n) is 6.51. The molecule has 7 heteroatoms. The number of nitrogens with zero attached hydrogens (tertiary/aromatic N) is 2.